The number of phenols is 1. The van der Waals surface area contributed by atoms with Crippen molar-refractivity contribution in [3.05, 3.63) is 308 Å². The van der Waals surface area contributed by atoms with Crippen LogP contribution in [0.3, 0.4) is 0 Å². The number of rotatable bonds is 14. The third-order valence-electron chi connectivity index (χ3n) is 16.9. The number of hydrogen-bond donors (Lipinski definition) is 1. The first-order chi connectivity index (χ1) is 44.7. The van der Waals surface area contributed by atoms with Crippen LogP contribution in [0.2, 0.25) is 25.2 Å². The minimum atomic E-state index is -5.25. The van der Waals surface area contributed by atoms with E-state index >= 15 is 0 Å². The highest BCUT2D eigenvalue weighted by molar-refractivity contribution is 7.12. The maximum Gasteiger partial charge on any atom is 0.515 e. The van der Waals surface area contributed by atoms with Gasteiger partial charge >= 0.3 is 87.6 Å². The van der Waals surface area contributed by atoms with Crippen LogP contribution >= 0.6 is 0 Å². The number of fused-ring (bicyclic) bond motifs is 4. The summed E-state index contributed by atoms with van der Waals surface area (Å²) in [5.41, 5.74) is 3.10. The highest BCUT2D eigenvalue weighted by Gasteiger charge is 2.83. The molecule has 4 atom stereocenters. The fraction of sp³-hybridized carbons (Fsp3) is 0.104. The van der Waals surface area contributed by atoms with Gasteiger partial charge in [-0.3, -0.25) is 0 Å². The van der Waals surface area contributed by atoms with Crippen molar-refractivity contribution in [1.29, 1.82) is 0 Å². The van der Waals surface area contributed by atoms with E-state index in [2.05, 4.69) is 37.7 Å². The lowest BCUT2D eigenvalue weighted by molar-refractivity contribution is 0.0253. The molecule has 464 valence electrons. The number of phenolic OH excluding ortho intramolecular Hbond substituents is 1. The molecule has 0 radical (unpaired) electrons. The fourth-order valence-corrected chi connectivity index (χ4v) is 68.9. The maximum absolute atomic E-state index is 10.7. The molecule has 25 heteroatoms. The zero-order valence-corrected chi connectivity index (χ0v) is 60.7. The standard InChI is InChI=1S/C67H66O15Si10/c1-56-44-46-57(47-45-56)52-54-83(2)69-85(60-28-12-4-13-29-60)73-89(64-36-20-8-21-37-64)77-87(62-32-16-6-17-33-62)71-84(3,55-53-58-48-50-59(68)51-49-58)72-88(63-34-18-7-19-35-63)79-91(81-89,66-40-24-10-25-41-66)75-86(70-83,61-30-14-5-15-31-61)76-92(80-88,67-42-26-11-27-43-67)82-90(74-85,78-87)65-38-22-9-23-39-65/h4-51,68H,52-55H2,1-3H3. The summed E-state index contributed by atoms with van der Waals surface area (Å²) in [5.74, 6) is 0.138. The second-order valence-corrected chi connectivity index (χ2v) is 54.2. The highest BCUT2D eigenvalue weighted by atomic mass is 28.6. The predicted octanol–water partition coefficient (Wildman–Crippen LogP) is 7.70. The van der Waals surface area contributed by atoms with Gasteiger partial charge in [0.05, 0.1) is 0 Å². The van der Waals surface area contributed by atoms with E-state index in [1.807, 2.05) is 261 Å². The van der Waals surface area contributed by atoms with E-state index in [1.54, 1.807) is 12.1 Å². The van der Waals surface area contributed by atoms with Gasteiger partial charge in [-0.2, -0.15) is 0 Å². The lowest BCUT2D eigenvalue weighted by Gasteiger charge is -2.61. The van der Waals surface area contributed by atoms with E-state index < -0.39 is 87.6 Å². The van der Waals surface area contributed by atoms with Crippen LogP contribution in [-0.2, 0) is 70.5 Å². The summed E-state index contributed by atoms with van der Waals surface area (Å²) >= 11 is 0. The van der Waals surface area contributed by atoms with Crippen molar-refractivity contribution in [1.82, 2.24) is 0 Å². The van der Waals surface area contributed by atoms with Gasteiger partial charge in [0, 0.05) is 41.5 Å². The van der Waals surface area contributed by atoms with Gasteiger partial charge in [-0.15, -0.1) is 0 Å². The Morgan fingerprint density at radius 3 is 0.598 bits per heavy atom. The Hall–Kier alpha value is -6.39. The molecule has 0 aliphatic carbocycles. The summed E-state index contributed by atoms with van der Waals surface area (Å²) in [6.07, 6.45) is 0.907. The quantitative estimate of drug-likeness (QED) is 0.106. The molecule has 6 heterocycles. The van der Waals surface area contributed by atoms with Crippen LogP contribution in [0, 0.1) is 6.92 Å². The van der Waals surface area contributed by atoms with Gasteiger partial charge in [-0.05, 0) is 68.2 Å². The van der Waals surface area contributed by atoms with Gasteiger partial charge in [0.2, 0.25) is 0 Å². The molecule has 0 aromatic heterocycles. The van der Waals surface area contributed by atoms with Crippen molar-refractivity contribution in [2.45, 2.75) is 44.9 Å². The van der Waals surface area contributed by atoms with Crippen molar-refractivity contribution in [3.63, 3.8) is 0 Å². The van der Waals surface area contributed by atoms with Crippen molar-refractivity contribution in [2.24, 2.45) is 0 Å². The average Bonchev–Trinajstić information content (AvgIpc) is 0.678. The second-order valence-electron chi connectivity index (χ2n) is 23.7. The Morgan fingerprint density at radius 1 is 0.228 bits per heavy atom. The lowest BCUT2D eigenvalue weighted by atomic mass is 10.1. The summed E-state index contributed by atoms with van der Waals surface area (Å²) in [4.78, 5) is 0. The minimum Gasteiger partial charge on any atom is -0.508 e. The normalized spacial score (nSPS) is 31.7. The first-order valence-corrected chi connectivity index (χ1v) is 49.6. The molecule has 0 amide bonds. The molecule has 0 spiro atoms. The van der Waals surface area contributed by atoms with Gasteiger partial charge in [0.25, 0.3) is 0 Å². The SMILES string of the molecule is Cc1ccc(CC[Si]2(C)O[Si]3(c4ccccc4)O[Si]4(c5ccccc5)O[Si]5(c6ccccc6)O[Si](C)(CCc6ccc(O)cc6)O[Si]6(c7ccccc7)O[Si](c7ccccc7)(O[Si](c7ccccc7)(O2)O[Si](c2ccccc2)(O6)O[Si](c2ccccc2)(O3)O5)O4)cc1. The molecule has 0 saturated carbocycles. The zero-order chi connectivity index (χ0) is 62.6. The maximum atomic E-state index is 10.7. The van der Waals surface area contributed by atoms with Crippen LogP contribution in [0.25, 0.3) is 0 Å². The monoisotopic (exact) mass is 1390 g/mol. The molecule has 6 saturated heterocycles. The molecule has 15 nitrogen and oxygen atoms in total. The molecule has 6 aliphatic rings. The molecule has 10 aromatic carbocycles. The minimum absolute atomic E-state index is 0.138. The number of hydrogen-bond acceptors (Lipinski definition) is 15. The summed E-state index contributed by atoms with van der Waals surface area (Å²) in [6.45, 7) is 6.16. The topological polar surface area (TPSA) is 149 Å². The zero-order valence-electron chi connectivity index (χ0n) is 50.7. The highest BCUT2D eigenvalue weighted by Crippen LogP contribution is 2.48. The molecule has 4 unspecified atom stereocenters. The summed E-state index contributed by atoms with van der Waals surface area (Å²) in [6, 6.07) is 94.3. The molecule has 8 bridgehead atoms. The molecular formula is C67H66O15Si10. The summed E-state index contributed by atoms with van der Waals surface area (Å²) in [5, 5.41) is 14.8. The van der Waals surface area contributed by atoms with Crippen LogP contribution < -0.4 is 41.5 Å². The first-order valence-electron chi connectivity index (χ1n) is 30.8. The number of aromatic hydroxyl groups is 1. The van der Waals surface area contributed by atoms with Crippen molar-refractivity contribution in [2.75, 3.05) is 0 Å². The lowest BCUT2D eigenvalue weighted by Crippen LogP contribution is -2.93. The Kier molecular flexibility index (Phi) is 16.4. The Bertz CT molecular complexity index is 3670. The Labute approximate surface area is 546 Å². The third-order valence-corrected chi connectivity index (χ3v) is 60.2. The molecule has 10 aromatic rings. The van der Waals surface area contributed by atoms with Crippen LogP contribution in [0.1, 0.15) is 16.7 Å². The molecular weight excluding hydrogens is 1330 g/mol. The number of benzene rings is 10. The second kappa shape index (κ2) is 24.4. The van der Waals surface area contributed by atoms with Crippen molar-refractivity contribution < 1.29 is 62.7 Å². The largest absolute Gasteiger partial charge is 0.515 e. The molecule has 92 heavy (non-hydrogen) atoms. The molecule has 6 fully saturated rings. The van der Waals surface area contributed by atoms with Crippen LogP contribution in [-0.4, -0.2) is 92.7 Å². The van der Waals surface area contributed by atoms with E-state index in [1.165, 1.54) is 0 Å². The van der Waals surface area contributed by atoms with E-state index in [0.717, 1.165) is 16.7 Å². The fourth-order valence-electron chi connectivity index (χ4n) is 12.4. The van der Waals surface area contributed by atoms with Gasteiger partial charge in [-0.1, -0.05) is 285 Å². The van der Waals surface area contributed by atoms with E-state index in [0.29, 0.717) is 60.4 Å². The third kappa shape index (κ3) is 11.6. The van der Waals surface area contributed by atoms with Crippen LogP contribution in [0.15, 0.2) is 291 Å². The molecule has 1 N–H and O–H groups in total. The van der Waals surface area contributed by atoms with Crippen LogP contribution in [0.5, 0.6) is 5.75 Å². The summed E-state index contributed by atoms with van der Waals surface area (Å²) < 4.78 is 120. The van der Waals surface area contributed by atoms with Gasteiger partial charge in [0.1, 0.15) is 5.75 Å². The van der Waals surface area contributed by atoms with Gasteiger partial charge < -0.3 is 62.7 Å². The first kappa shape index (κ1) is 61.8. The Balaban J connectivity index is 1.17. The van der Waals surface area contributed by atoms with Crippen LogP contribution in [0.4, 0.5) is 0 Å². The summed E-state index contributed by atoms with van der Waals surface area (Å²) in [7, 11) is -49.7. The Morgan fingerprint density at radius 2 is 0.402 bits per heavy atom. The van der Waals surface area contributed by atoms with Gasteiger partial charge in [-0.25, -0.2) is 0 Å². The molecule has 16 rings (SSSR count). The van der Waals surface area contributed by atoms with E-state index in [-0.39, 0.29) is 11.8 Å². The van der Waals surface area contributed by atoms with E-state index in [4.69, 9.17) is 57.6 Å². The van der Waals surface area contributed by atoms with Crippen molar-refractivity contribution in [3.8, 4) is 5.75 Å². The van der Waals surface area contributed by atoms with Crippen molar-refractivity contribution >= 4 is 129 Å². The predicted molar refractivity (Wildman–Crippen MR) is 369 cm³/mol. The van der Waals surface area contributed by atoms with Gasteiger partial charge in [0.15, 0.2) is 0 Å². The number of aryl methyl sites for hydroxylation is 3. The molecule has 6 aliphatic heterocycles. The van der Waals surface area contributed by atoms with E-state index in [9.17, 15) is 5.11 Å². The smallest absolute Gasteiger partial charge is 0.508 e. The average molecular weight is 1390 g/mol.